The zero-order valence-corrected chi connectivity index (χ0v) is 11.4. The quantitative estimate of drug-likeness (QED) is 0.870. The first kappa shape index (κ1) is 15.1. The number of rotatable bonds is 5. The lowest BCUT2D eigenvalue weighted by Crippen LogP contribution is -2.33. The van der Waals surface area contributed by atoms with E-state index in [1.807, 2.05) is 0 Å². The predicted octanol–water partition coefficient (Wildman–Crippen LogP) is 2.29. The number of nitrogens with one attached hydrogen (secondary N) is 1. The first-order valence-corrected chi connectivity index (χ1v) is 5.89. The first-order chi connectivity index (χ1) is 8.93. The summed E-state index contributed by atoms with van der Waals surface area (Å²) in [5.41, 5.74) is 0.512. The molecule has 1 rings (SSSR count). The Balaban J connectivity index is 2.61. The number of hydrogen-bond acceptors (Lipinski definition) is 3. The second-order valence-corrected chi connectivity index (χ2v) is 4.25. The molecule has 1 aromatic carbocycles. The van der Waals surface area contributed by atoms with Crippen molar-refractivity contribution in [2.75, 3.05) is 26.0 Å². The van der Waals surface area contributed by atoms with E-state index < -0.39 is 12.0 Å². The van der Waals surface area contributed by atoms with Crippen LogP contribution in [0.3, 0.4) is 0 Å². The molecular weight excluding hydrogens is 272 g/mol. The van der Waals surface area contributed by atoms with E-state index in [1.165, 1.54) is 19.1 Å². The average Bonchev–Trinajstić information content (AvgIpc) is 2.36. The number of aliphatic carboxylic acids is 1. The summed E-state index contributed by atoms with van der Waals surface area (Å²) in [6.45, 7) is 0.130. The lowest BCUT2D eigenvalue weighted by Gasteiger charge is -2.17. The van der Waals surface area contributed by atoms with Crippen molar-refractivity contribution >= 4 is 29.3 Å². The molecule has 6 nitrogen and oxygen atoms in total. The molecule has 0 fully saturated rings. The van der Waals surface area contributed by atoms with E-state index in [9.17, 15) is 9.59 Å². The second kappa shape index (κ2) is 6.84. The van der Waals surface area contributed by atoms with Crippen molar-refractivity contribution in [3.05, 3.63) is 23.2 Å². The van der Waals surface area contributed by atoms with Crippen LogP contribution in [0.4, 0.5) is 10.5 Å². The number of ether oxygens (including phenoxy) is 1. The zero-order valence-electron chi connectivity index (χ0n) is 10.6. The molecule has 0 radical (unpaired) electrons. The Morgan fingerprint density at radius 1 is 1.47 bits per heavy atom. The number of methoxy groups -OCH3 is 1. The number of carboxylic acids is 1. The van der Waals surface area contributed by atoms with Crippen LogP contribution in [0, 0.1) is 0 Å². The van der Waals surface area contributed by atoms with Gasteiger partial charge in [-0.15, -0.1) is 0 Å². The van der Waals surface area contributed by atoms with Gasteiger partial charge in [-0.05, 0) is 18.2 Å². The van der Waals surface area contributed by atoms with Gasteiger partial charge in [-0.2, -0.15) is 0 Å². The van der Waals surface area contributed by atoms with Gasteiger partial charge in [0.1, 0.15) is 5.75 Å². The van der Waals surface area contributed by atoms with Gasteiger partial charge in [-0.25, -0.2) is 4.79 Å². The normalized spacial score (nSPS) is 9.84. The van der Waals surface area contributed by atoms with Gasteiger partial charge in [-0.3, -0.25) is 4.79 Å². The number of carboxylic acid groups (broad SMARTS) is 1. The minimum Gasteiger partial charge on any atom is -0.495 e. The summed E-state index contributed by atoms with van der Waals surface area (Å²) in [6.07, 6.45) is -0.104. The molecule has 0 aliphatic heterocycles. The number of anilines is 1. The molecule has 7 heteroatoms. The summed E-state index contributed by atoms with van der Waals surface area (Å²) in [5.74, 6) is -0.439. The van der Waals surface area contributed by atoms with Crippen molar-refractivity contribution in [1.29, 1.82) is 0 Å². The van der Waals surface area contributed by atoms with Crippen LogP contribution in [0.2, 0.25) is 5.02 Å². The highest BCUT2D eigenvalue weighted by molar-refractivity contribution is 6.32. The molecule has 0 aliphatic rings. The average molecular weight is 287 g/mol. The molecule has 0 aromatic heterocycles. The van der Waals surface area contributed by atoms with Crippen molar-refractivity contribution in [2.45, 2.75) is 6.42 Å². The summed E-state index contributed by atoms with van der Waals surface area (Å²) in [5, 5.41) is 11.5. The fourth-order valence-corrected chi connectivity index (χ4v) is 1.59. The van der Waals surface area contributed by atoms with Crippen molar-refractivity contribution in [2.24, 2.45) is 0 Å². The lowest BCUT2D eigenvalue weighted by atomic mass is 10.3. The Bertz CT molecular complexity index is 479. The molecule has 1 aromatic rings. The molecule has 0 saturated carbocycles. The second-order valence-electron chi connectivity index (χ2n) is 3.84. The van der Waals surface area contributed by atoms with E-state index in [-0.39, 0.29) is 13.0 Å². The molecule has 19 heavy (non-hydrogen) atoms. The lowest BCUT2D eigenvalue weighted by molar-refractivity contribution is -0.137. The first-order valence-electron chi connectivity index (χ1n) is 5.51. The summed E-state index contributed by atoms with van der Waals surface area (Å²) in [7, 11) is 3.02. The molecule has 2 amide bonds. The molecule has 0 unspecified atom stereocenters. The van der Waals surface area contributed by atoms with Crippen LogP contribution in [-0.4, -0.2) is 42.7 Å². The van der Waals surface area contributed by atoms with Gasteiger partial charge in [0, 0.05) is 19.3 Å². The van der Waals surface area contributed by atoms with E-state index in [2.05, 4.69) is 5.32 Å². The van der Waals surface area contributed by atoms with Gasteiger partial charge in [0.2, 0.25) is 0 Å². The van der Waals surface area contributed by atoms with E-state index in [4.69, 9.17) is 21.4 Å². The van der Waals surface area contributed by atoms with Gasteiger partial charge >= 0.3 is 12.0 Å². The fraction of sp³-hybridized carbons (Fsp3) is 0.333. The standard InChI is InChI=1S/C12H15ClN2O4/c1-15(6-5-11(16)17)12(18)14-8-3-4-10(19-2)9(13)7-8/h3-4,7H,5-6H2,1-2H3,(H,14,18)(H,16,17). The molecule has 0 spiro atoms. The summed E-state index contributed by atoms with van der Waals surface area (Å²) in [4.78, 5) is 23.4. The number of halogens is 1. The maximum absolute atomic E-state index is 11.7. The van der Waals surface area contributed by atoms with Gasteiger partial charge < -0.3 is 20.1 Å². The van der Waals surface area contributed by atoms with E-state index in [0.717, 1.165) is 0 Å². The fourth-order valence-electron chi connectivity index (χ4n) is 1.33. The van der Waals surface area contributed by atoms with Crippen LogP contribution in [-0.2, 0) is 4.79 Å². The number of amides is 2. The third-order valence-corrected chi connectivity index (χ3v) is 2.71. The van der Waals surface area contributed by atoms with Crippen molar-refractivity contribution in [3.63, 3.8) is 0 Å². The molecule has 0 atom stereocenters. The zero-order chi connectivity index (χ0) is 14.4. The number of urea groups is 1. The Labute approximate surface area is 115 Å². The number of carbonyl (C=O) groups is 2. The number of carbonyl (C=O) groups excluding carboxylic acids is 1. The topological polar surface area (TPSA) is 78.9 Å². The molecular formula is C12H15ClN2O4. The van der Waals surface area contributed by atoms with Crippen molar-refractivity contribution < 1.29 is 19.4 Å². The maximum Gasteiger partial charge on any atom is 0.321 e. The van der Waals surface area contributed by atoms with E-state index in [1.54, 1.807) is 18.2 Å². The minimum absolute atomic E-state index is 0.104. The van der Waals surface area contributed by atoms with Gasteiger partial charge in [0.25, 0.3) is 0 Å². The highest BCUT2D eigenvalue weighted by atomic mass is 35.5. The maximum atomic E-state index is 11.7. The van der Waals surface area contributed by atoms with Crippen LogP contribution in [0.15, 0.2) is 18.2 Å². The smallest absolute Gasteiger partial charge is 0.321 e. The summed E-state index contributed by atoms with van der Waals surface area (Å²) < 4.78 is 5.00. The molecule has 104 valence electrons. The molecule has 0 aliphatic carbocycles. The predicted molar refractivity (Wildman–Crippen MR) is 71.9 cm³/mol. The Hall–Kier alpha value is -1.95. The highest BCUT2D eigenvalue weighted by Gasteiger charge is 2.11. The largest absolute Gasteiger partial charge is 0.495 e. The molecule has 0 saturated heterocycles. The molecule has 2 N–H and O–H groups in total. The Morgan fingerprint density at radius 3 is 2.68 bits per heavy atom. The molecule has 0 heterocycles. The van der Waals surface area contributed by atoms with E-state index in [0.29, 0.717) is 16.5 Å². The number of nitrogens with zero attached hydrogens (tertiary/aromatic N) is 1. The Morgan fingerprint density at radius 2 is 2.16 bits per heavy atom. The van der Waals surface area contributed by atoms with Crippen LogP contribution in [0.25, 0.3) is 0 Å². The third-order valence-electron chi connectivity index (χ3n) is 2.41. The monoisotopic (exact) mass is 286 g/mol. The van der Waals surface area contributed by atoms with Crippen LogP contribution in [0.1, 0.15) is 6.42 Å². The Kier molecular flexibility index (Phi) is 5.44. The van der Waals surface area contributed by atoms with E-state index >= 15 is 0 Å². The van der Waals surface area contributed by atoms with Gasteiger partial charge in [0.05, 0.1) is 18.6 Å². The number of benzene rings is 1. The number of hydrogen-bond donors (Lipinski definition) is 2. The third kappa shape index (κ3) is 4.67. The van der Waals surface area contributed by atoms with Crippen molar-refractivity contribution in [1.82, 2.24) is 4.90 Å². The summed E-state index contributed by atoms with van der Waals surface area (Å²) in [6, 6.07) is 4.44. The van der Waals surface area contributed by atoms with Crippen LogP contribution >= 0.6 is 11.6 Å². The van der Waals surface area contributed by atoms with Crippen LogP contribution < -0.4 is 10.1 Å². The SMILES string of the molecule is COc1ccc(NC(=O)N(C)CCC(=O)O)cc1Cl. The minimum atomic E-state index is -0.952. The molecule has 0 bridgehead atoms. The highest BCUT2D eigenvalue weighted by Crippen LogP contribution is 2.27. The van der Waals surface area contributed by atoms with Crippen LogP contribution in [0.5, 0.6) is 5.75 Å². The van der Waals surface area contributed by atoms with Gasteiger partial charge in [-0.1, -0.05) is 11.6 Å². The van der Waals surface area contributed by atoms with Crippen molar-refractivity contribution in [3.8, 4) is 5.75 Å². The van der Waals surface area contributed by atoms with Gasteiger partial charge in [0.15, 0.2) is 0 Å². The summed E-state index contributed by atoms with van der Waals surface area (Å²) >= 11 is 5.93.